The van der Waals surface area contributed by atoms with Gasteiger partial charge in [-0.15, -0.1) is 0 Å². The molecule has 0 unspecified atom stereocenters. The van der Waals surface area contributed by atoms with E-state index in [0.29, 0.717) is 5.02 Å². The summed E-state index contributed by atoms with van der Waals surface area (Å²) in [5, 5.41) is 7.04. The molecule has 1 aliphatic rings. The van der Waals surface area contributed by atoms with Crippen LogP contribution in [-0.4, -0.2) is 15.0 Å². The molecule has 26 heavy (non-hydrogen) atoms. The Balaban J connectivity index is 1.56. The van der Waals surface area contributed by atoms with E-state index in [-0.39, 0.29) is 0 Å². The zero-order valence-electron chi connectivity index (χ0n) is 13.7. The lowest BCUT2D eigenvalue weighted by atomic mass is 10.2. The summed E-state index contributed by atoms with van der Waals surface area (Å²) in [5.74, 6) is 0.728. The van der Waals surface area contributed by atoms with Crippen LogP contribution in [0.3, 0.4) is 0 Å². The van der Waals surface area contributed by atoms with E-state index < -0.39 is 0 Å². The Bertz CT molecular complexity index is 1080. The standard InChI is InChI=1S/C19H15ClN6/c20-13-5-3-6-14(8-13)24-19-17-16(9-21-18(17)22-11-23-19)26-10-12-4-1-2-7-15(12)25-26/h1-9,11,25H,10H2,(H2,21,22,23,24). The van der Waals surface area contributed by atoms with Gasteiger partial charge in [-0.05, 0) is 29.8 Å². The largest absolute Gasteiger partial charge is 0.344 e. The predicted octanol–water partition coefficient (Wildman–Crippen LogP) is 4.70. The normalized spacial score (nSPS) is 12.9. The molecule has 0 spiro atoms. The molecule has 5 rings (SSSR count). The van der Waals surface area contributed by atoms with Crippen LogP contribution >= 0.6 is 11.6 Å². The van der Waals surface area contributed by atoms with Gasteiger partial charge < -0.3 is 10.3 Å². The lowest BCUT2D eigenvalue weighted by molar-refractivity contribution is 0.975. The number of para-hydroxylation sites is 1. The van der Waals surface area contributed by atoms with Crippen molar-refractivity contribution in [2.75, 3.05) is 15.8 Å². The molecule has 4 aromatic rings. The molecule has 1 aliphatic heterocycles. The number of hydrogen-bond donors (Lipinski definition) is 3. The summed E-state index contributed by atoms with van der Waals surface area (Å²) in [6, 6.07) is 15.8. The number of aromatic nitrogens is 3. The highest BCUT2D eigenvalue weighted by Gasteiger charge is 2.22. The minimum Gasteiger partial charge on any atom is -0.344 e. The first-order valence-corrected chi connectivity index (χ1v) is 8.62. The van der Waals surface area contributed by atoms with Crippen molar-refractivity contribution in [1.82, 2.24) is 15.0 Å². The van der Waals surface area contributed by atoms with Crippen molar-refractivity contribution in [2.24, 2.45) is 0 Å². The van der Waals surface area contributed by atoms with Gasteiger partial charge in [-0.2, -0.15) is 0 Å². The molecule has 0 saturated heterocycles. The first-order chi connectivity index (χ1) is 12.8. The molecule has 3 N–H and O–H groups in total. The number of H-pyrrole nitrogens is 1. The van der Waals surface area contributed by atoms with Crippen LogP contribution in [0.25, 0.3) is 11.0 Å². The van der Waals surface area contributed by atoms with Crippen molar-refractivity contribution < 1.29 is 0 Å². The number of hydrazine groups is 1. The van der Waals surface area contributed by atoms with Crippen LogP contribution in [0, 0.1) is 0 Å². The fourth-order valence-corrected chi connectivity index (χ4v) is 3.42. The van der Waals surface area contributed by atoms with E-state index in [0.717, 1.165) is 40.5 Å². The van der Waals surface area contributed by atoms with Gasteiger partial charge in [-0.3, -0.25) is 10.4 Å². The Morgan fingerprint density at radius 3 is 2.88 bits per heavy atom. The van der Waals surface area contributed by atoms with Gasteiger partial charge in [0.25, 0.3) is 0 Å². The highest BCUT2D eigenvalue weighted by Crippen LogP contribution is 2.36. The minimum atomic E-state index is 0.672. The molecule has 0 radical (unpaired) electrons. The van der Waals surface area contributed by atoms with Gasteiger partial charge in [0, 0.05) is 16.9 Å². The number of nitrogens with one attached hydrogen (secondary N) is 3. The van der Waals surface area contributed by atoms with Crippen LogP contribution < -0.4 is 15.8 Å². The number of halogens is 1. The lowest BCUT2D eigenvalue weighted by Crippen LogP contribution is -2.22. The van der Waals surface area contributed by atoms with Crippen LogP contribution in [-0.2, 0) is 6.54 Å². The first kappa shape index (κ1) is 15.0. The molecule has 0 aliphatic carbocycles. The Kier molecular flexibility index (Phi) is 3.43. The summed E-state index contributed by atoms with van der Waals surface area (Å²) in [5.41, 5.74) is 8.44. The molecule has 3 heterocycles. The topological polar surface area (TPSA) is 68.9 Å². The molecule has 2 aromatic carbocycles. The van der Waals surface area contributed by atoms with E-state index in [2.05, 4.69) is 48.9 Å². The highest BCUT2D eigenvalue weighted by molar-refractivity contribution is 6.30. The third-order valence-corrected chi connectivity index (χ3v) is 4.66. The maximum Gasteiger partial charge on any atom is 0.145 e. The summed E-state index contributed by atoms with van der Waals surface area (Å²) < 4.78 is 0. The molecule has 0 amide bonds. The van der Waals surface area contributed by atoms with Gasteiger partial charge in [0.15, 0.2) is 0 Å². The van der Waals surface area contributed by atoms with Crippen molar-refractivity contribution in [1.29, 1.82) is 0 Å². The van der Waals surface area contributed by atoms with Crippen molar-refractivity contribution in [2.45, 2.75) is 6.54 Å². The van der Waals surface area contributed by atoms with E-state index in [1.54, 1.807) is 6.33 Å². The van der Waals surface area contributed by atoms with E-state index >= 15 is 0 Å². The highest BCUT2D eigenvalue weighted by atomic mass is 35.5. The Morgan fingerprint density at radius 2 is 2.00 bits per heavy atom. The van der Waals surface area contributed by atoms with Gasteiger partial charge >= 0.3 is 0 Å². The predicted molar refractivity (Wildman–Crippen MR) is 105 cm³/mol. The van der Waals surface area contributed by atoms with E-state index in [1.807, 2.05) is 36.5 Å². The molecule has 6 nitrogen and oxygen atoms in total. The second-order valence-electron chi connectivity index (χ2n) is 6.11. The van der Waals surface area contributed by atoms with E-state index in [1.165, 1.54) is 5.56 Å². The van der Waals surface area contributed by atoms with Crippen LogP contribution in [0.15, 0.2) is 61.1 Å². The number of hydrogen-bond acceptors (Lipinski definition) is 5. The summed E-state index contributed by atoms with van der Waals surface area (Å²) in [6.45, 7) is 0.772. The molecular formula is C19H15ClN6. The second-order valence-corrected chi connectivity index (χ2v) is 6.55. The fourth-order valence-electron chi connectivity index (χ4n) is 3.23. The Hall–Kier alpha value is -3.25. The molecule has 0 atom stereocenters. The molecule has 128 valence electrons. The van der Waals surface area contributed by atoms with Gasteiger partial charge in [-0.1, -0.05) is 35.9 Å². The number of rotatable bonds is 3. The summed E-state index contributed by atoms with van der Waals surface area (Å²) in [7, 11) is 0. The molecule has 2 aromatic heterocycles. The zero-order valence-corrected chi connectivity index (χ0v) is 14.5. The molecule has 0 bridgehead atoms. The first-order valence-electron chi connectivity index (χ1n) is 8.25. The third-order valence-electron chi connectivity index (χ3n) is 4.43. The second kappa shape index (κ2) is 5.93. The van der Waals surface area contributed by atoms with Gasteiger partial charge in [0.1, 0.15) is 17.8 Å². The number of aromatic amines is 1. The number of fused-ring (bicyclic) bond motifs is 2. The van der Waals surface area contributed by atoms with Crippen molar-refractivity contribution in [3.8, 4) is 0 Å². The summed E-state index contributed by atoms with van der Waals surface area (Å²) in [4.78, 5) is 12.0. The quantitative estimate of drug-likeness (QED) is 0.492. The van der Waals surface area contributed by atoms with Crippen LogP contribution in [0.2, 0.25) is 5.02 Å². The van der Waals surface area contributed by atoms with Crippen molar-refractivity contribution >= 4 is 45.5 Å². The van der Waals surface area contributed by atoms with Crippen LogP contribution in [0.5, 0.6) is 0 Å². The van der Waals surface area contributed by atoms with Gasteiger partial charge in [-0.25, -0.2) is 9.97 Å². The zero-order chi connectivity index (χ0) is 17.5. The van der Waals surface area contributed by atoms with Gasteiger partial charge in [0.05, 0.1) is 23.3 Å². The maximum atomic E-state index is 6.10. The fraction of sp³-hybridized carbons (Fsp3) is 0.0526. The Morgan fingerprint density at radius 1 is 1.08 bits per heavy atom. The van der Waals surface area contributed by atoms with Gasteiger partial charge in [0.2, 0.25) is 0 Å². The average molecular weight is 363 g/mol. The maximum absolute atomic E-state index is 6.10. The molecule has 0 fully saturated rings. The monoisotopic (exact) mass is 362 g/mol. The number of anilines is 4. The summed E-state index contributed by atoms with van der Waals surface area (Å²) in [6.07, 6.45) is 3.49. The van der Waals surface area contributed by atoms with Crippen molar-refractivity contribution in [3.05, 3.63) is 71.6 Å². The average Bonchev–Trinajstić information content (AvgIpc) is 3.26. The molecule has 7 heteroatoms. The summed E-state index contributed by atoms with van der Waals surface area (Å²) >= 11 is 6.10. The Labute approximate surface area is 154 Å². The molecule has 0 saturated carbocycles. The lowest BCUT2D eigenvalue weighted by Gasteiger charge is -2.18. The van der Waals surface area contributed by atoms with E-state index in [9.17, 15) is 0 Å². The number of benzene rings is 2. The van der Waals surface area contributed by atoms with Crippen LogP contribution in [0.1, 0.15) is 5.56 Å². The third kappa shape index (κ3) is 2.51. The van der Waals surface area contributed by atoms with Crippen LogP contribution in [0.4, 0.5) is 22.9 Å². The smallest absolute Gasteiger partial charge is 0.145 e. The number of nitrogens with zero attached hydrogens (tertiary/aromatic N) is 3. The SMILES string of the molecule is Clc1cccc(Nc2ncnc3[nH]cc(N4Cc5ccccc5N4)c23)c1. The van der Waals surface area contributed by atoms with Crippen molar-refractivity contribution in [3.63, 3.8) is 0 Å². The minimum absolute atomic E-state index is 0.672. The molecular weight excluding hydrogens is 348 g/mol. The van der Waals surface area contributed by atoms with E-state index in [4.69, 9.17) is 11.6 Å².